The predicted octanol–water partition coefficient (Wildman–Crippen LogP) is -5.78. The van der Waals surface area contributed by atoms with Crippen molar-refractivity contribution < 1.29 is 34.2 Å². The lowest BCUT2D eigenvalue weighted by atomic mass is 10.1. The summed E-state index contributed by atoms with van der Waals surface area (Å²) in [6.45, 7) is -0.537. The zero-order valence-electron chi connectivity index (χ0n) is 21.0. The number of carbonyl (C=O) groups is 5. The summed E-state index contributed by atoms with van der Waals surface area (Å²) < 4.78 is 0. The second-order valence-corrected chi connectivity index (χ2v) is 8.21. The first kappa shape index (κ1) is 33.8. The fourth-order valence-electron chi connectivity index (χ4n) is 2.99. The number of carbonyl (C=O) groups excluding carboxylic acids is 4. The van der Waals surface area contributed by atoms with E-state index in [9.17, 15) is 24.0 Å². The lowest BCUT2D eigenvalue weighted by molar-refractivity contribution is -0.143. The minimum atomic E-state index is -1.65. The Labute approximate surface area is 219 Å². The lowest BCUT2D eigenvalue weighted by Crippen LogP contribution is -2.57. The van der Waals surface area contributed by atoms with Crippen LogP contribution in [-0.4, -0.2) is 95.6 Å². The number of nitrogens with one attached hydrogen (secondary N) is 3. The number of carboxylic acid groups (broad SMARTS) is 1. The molecule has 0 spiro atoms. The van der Waals surface area contributed by atoms with Crippen molar-refractivity contribution in [1.29, 1.82) is 0 Å². The minimum absolute atomic E-state index is 0.0353. The number of hydrogen-bond acceptors (Lipinski definition) is 9. The van der Waals surface area contributed by atoms with Crippen molar-refractivity contribution >= 4 is 41.5 Å². The maximum absolute atomic E-state index is 13.1. The van der Waals surface area contributed by atoms with Gasteiger partial charge >= 0.3 is 5.97 Å². The quantitative estimate of drug-likeness (QED) is 0.0410. The van der Waals surface area contributed by atoms with Gasteiger partial charge in [-0.1, -0.05) is 0 Å². The Morgan fingerprint density at radius 2 is 1.13 bits per heavy atom. The van der Waals surface area contributed by atoms with E-state index in [0.29, 0.717) is 6.42 Å². The van der Waals surface area contributed by atoms with Gasteiger partial charge in [0, 0.05) is 19.5 Å². The predicted molar refractivity (Wildman–Crippen MR) is 137 cm³/mol. The van der Waals surface area contributed by atoms with Crippen molar-refractivity contribution in [3.8, 4) is 0 Å². The maximum atomic E-state index is 13.1. The van der Waals surface area contributed by atoms with E-state index >= 15 is 0 Å². The second-order valence-electron chi connectivity index (χ2n) is 8.21. The monoisotopic (exact) mass is 545 g/mol. The molecule has 0 saturated carbocycles. The van der Waals surface area contributed by atoms with Crippen LogP contribution in [0.15, 0.2) is 9.98 Å². The number of aliphatic hydroxyl groups excluding tert-OH is 1. The second kappa shape index (κ2) is 18.1. The van der Waals surface area contributed by atoms with Crippen molar-refractivity contribution in [3.63, 3.8) is 0 Å². The van der Waals surface area contributed by atoms with Crippen molar-refractivity contribution in [1.82, 2.24) is 16.0 Å². The number of nitrogens with zero attached hydrogens (tertiary/aromatic N) is 2. The summed E-state index contributed by atoms with van der Waals surface area (Å²) in [5, 5.41) is 25.2. The highest BCUT2D eigenvalue weighted by atomic mass is 16.4. The molecule has 0 aliphatic heterocycles. The van der Waals surface area contributed by atoms with Crippen LogP contribution in [0.4, 0.5) is 0 Å². The molecule has 0 radical (unpaired) electrons. The van der Waals surface area contributed by atoms with Crippen LogP contribution in [0.25, 0.3) is 0 Å². The van der Waals surface area contributed by atoms with E-state index in [1.54, 1.807) is 0 Å². The summed E-state index contributed by atoms with van der Waals surface area (Å²) >= 11 is 0. The zero-order chi connectivity index (χ0) is 29.3. The Bertz CT molecular complexity index is 873. The molecule has 0 aromatic carbocycles. The van der Waals surface area contributed by atoms with Crippen LogP contribution in [-0.2, 0) is 24.0 Å². The number of primary amides is 1. The lowest BCUT2D eigenvalue weighted by Gasteiger charge is -2.25. The molecule has 4 atom stereocenters. The van der Waals surface area contributed by atoms with E-state index < -0.39 is 60.4 Å². The maximum Gasteiger partial charge on any atom is 0.328 e. The molecule has 0 rings (SSSR count). The first-order chi connectivity index (χ1) is 17.8. The normalized spacial score (nSPS) is 13.6. The van der Waals surface area contributed by atoms with Gasteiger partial charge in [-0.15, -0.1) is 0 Å². The fourth-order valence-corrected chi connectivity index (χ4v) is 2.99. The highest BCUT2D eigenvalue weighted by Gasteiger charge is 2.30. The summed E-state index contributed by atoms with van der Waals surface area (Å²) in [6.07, 6.45) is 0.277. The molecule has 0 bridgehead atoms. The van der Waals surface area contributed by atoms with Crippen molar-refractivity contribution in [2.24, 2.45) is 44.4 Å². The van der Waals surface area contributed by atoms with Crippen molar-refractivity contribution in [3.05, 3.63) is 0 Å². The summed E-state index contributed by atoms with van der Waals surface area (Å²) in [6, 6.07) is -5.26. The topological polar surface area (TPSA) is 343 Å². The summed E-state index contributed by atoms with van der Waals surface area (Å²) in [5.74, 6) is -5.04. The van der Waals surface area contributed by atoms with Crippen molar-refractivity contribution in [2.75, 3.05) is 19.7 Å². The highest BCUT2D eigenvalue weighted by molar-refractivity contribution is 5.94. The molecule has 0 heterocycles. The Hall–Kier alpha value is -4.19. The van der Waals surface area contributed by atoms with Gasteiger partial charge in [0.2, 0.25) is 23.6 Å². The van der Waals surface area contributed by atoms with Gasteiger partial charge in [-0.3, -0.25) is 29.2 Å². The Morgan fingerprint density at radius 3 is 1.58 bits per heavy atom. The number of carboxylic acids is 1. The number of nitrogens with two attached hydrogens (primary N) is 6. The first-order valence-electron chi connectivity index (χ1n) is 11.7. The molecule has 0 saturated heterocycles. The number of hydrogen-bond donors (Lipinski definition) is 11. The molecule has 0 aliphatic carbocycles. The SMILES string of the molecule is NC(=O)CCC(NC(=O)C(CCCN=C(N)N)NC(=O)C(N)CCCN=C(N)N)C(=O)NC(CO)C(=O)O. The minimum Gasteiger partial charge on any atom is -0.480 e. The summed E-state index contributed by atoms with van der Waals surface area (Å²) in [4.78, 5) is 68.3. The molecular weight excluding hydrogens is 506 g/mol. The fraction of sp³-hybridized carbons (Fsp3) is 0.650. The molecule has 17 N–H and O–H groups in total. The molecule has 18 heteroatoms. The van der Waals surface area contributed by atoms with Crippen LogP contribution >= 0.6 is 0 Å². The summed E-state index contributed by atoms with van der Waals surface area (Å²) in [7, 11) is 0. The summed E-state index contributed by atoms with van der Waals surface area (Å²) in [5.41, 5.74) is 32.1. The van der Waals surface area contributed by atoms with Gasteiger partial charge in [-0.2, -0.15) is 0 Å². The number of amides is 4. The van der Waals surface area contributed by atoms with Gasteiger partial charge in [-0.05, 0) is 32.1 Å². The van der Waals surface area contributed by atoms with E-state index in [0.717, 1.165) is 0 Å². The smallest absolute Gasteiger partial charge is 0.328 e. The number of aliphatic imine (C=N–C) groups is 2. The number of rotatable bonds is 19. The standard InChI is InChI=1S/C20H39N11O7/c21-10(3-1-7-27-19(23)24)15(34)29-11(4-2-8-28-20(25)26)16(35)30-12(5-6-14(22)33)17(36)31-13(9-32)18(37)38/h10-13,32H,1-9,21H2,(H2,22,33)(H,29,34)(H,30,35)(H,31,36)(H,37,38)(H4,23,24,27)(H4,25,26,28). The number of guanidine groups is 2. The molecular formula is C20H39N11O7. The molecule has 216 valence electrons. The van der Waals surface area contributed by atoms with Crippen molar-refractivity contribution in [2.45, 2.75) is 62.7 Å². The molecule has 18 nitrogen and oxygen atoms in total. The third-order valence-electron chi connectivity index (χ3n) is 4.99. The van der Waals surface area contributed by atoms with E-state index in [1.165, 1.54) is 0 Å². The Kier molecular flexibility index (Phi) is 16.1. The largest absolute Gasteiger partial charge is 0.480 e. The Balaban J connectivity index is 5.55. The highest BCUT2D eigenvalue weighted by Crippen LogP contribution is 2.05. The van der Waals surface area contributed by atoms with Gasteiger partial charge < -0.3 is 60.6 Å². The van der Waals surface area contributed by atoms with Gasteiger partial charge in [0.1, 0.15) is 18.1 Å². The van der Waals surface area contributed by atoms with Crippen LogP contribution in [0.3, 0.4) is 0 Å². The van der Waals surface area contributed by atoms with Crippen LogP contribution in [0.5, 0.6) is 0 Å². The zero-order valence-corrected chi connectivity index (χ0v) is 21.0. The average Bonchev–Trinajstić information content (AvgIpc) is 2.83. The van der Waals surface area contributed by atoms with Gasteiger partial charge in [0.05, 0.1) is 12.6 Å². The molecule has 0 aliphatic rings. The van der Waals surface area contributed by atoms with E-state index in [4.69, 9.17) is 44.6 Å². The van der Waals surface area contributed by atoms with E-state index in [1.807, 2.05) is 0 Å². The van der Waals surface area contributed by atoms with Crippen LogP contribution in [0.1, 0.15) is 38.5 Å². The van der Waals surface area contributed by atoms with Crippen LogP contribution < -0.4 is 50.4 Å². The first-order valence-corrected chi connectivity index (χ1v) is 11.7. The molecule has 4 unspecified atom stereocenters. The van der Waals surface area contributed by atoms with Crippen LogP contribution in [0, 0.1) is 0 Å². The molecule has 0 fully saturated rings. The van der Waals surface area contributed by atoms with Gasteiger partial charge in [0.25, 0.3) is 0 Å². The third kappa shape index (κ3) is 15.0. The average molecular weight is 546 g/mol. The Morgan fingerprint density at radius 1 is 0.684 bits per heavy atom. The number of aliphatic carboxylic acids is 1. The molecule has 38 heavy (non-hydrogen) atoms. The van der Waals surface area contributed by atoms with Gasteiger partial charge in [0.15, 0.2) is 11.9 Å². The van der Waals surface area contributed by atoms with E-state index in [2.05, 4.69) is 25.9 Å². The van der Waals surface area contributed by atoms with E-state index in [-0.39, 0.29) is 57.1 Å². The third-order valence-corrected chi connectivity index (χ3v) is 4.99. The number of aliphatic hydroxyl groups is 1. The van der Waals surface area contributed by atoms with Gasteiger partial charge in [-0.25, -0.2) is 4.79 Å². The molecule has 0 aromatic heterocycles. The molecule has 0 aromatic rings. The van der Waals surface area contributed by atoms with Crippen LogP contribution in [0.2, 0.25) is 0 Å². The molecule has 4 amide bonds.